The van der Waals surface area contributed by atoms with Gasteiger partial charge in [-0.05, 0) is 25.7 Å². The third kappa shape index (κ3) is 1.60. The van der Waals surface area contributed by atoms with Gasteiger partial charge in [0.2, 0.25) is 0 Å². The van der Waals surface area contributed by atoms with Gasteiger partial charge in [0.1, 0.15) is 0 Å². The van der Waals surface area contributed by atoms with E-state index in [0.29, 0.717) is 5.92 Å². The Morgan fingerprint density at radius 3 is 2.90 bits per heavy atom. The van der Waals surface area contributed by atoms with Crippen molar-refractivity contribution in [3.05, 3.63) is 11.6 Å². The first-order valence-electron chi connectivity index (χ1n) is 4.09. The molecule has 58 valence electrons. The molecule has 0 saturated carbocycles. The smallest absolute Gasteiger partial charge is 0.0751 e. The van der Waals surface area contributed by atoms with Crippen LogP contribution in [0.25, 0.3) is 0 Å². The molecule has 2 atom stereocenters. The lowest BCUT2D eigenvalue weighted by atomic mass is 9.86. The number of hydrogen-bond donors (Lipinski definition) is 1. The molecule has 0 radical (unpaired) electrons. The number of aliphatic hydroxyl groups excluding tert-OH is 1. The summed E-state index contributed by atoms with van der Waals surface area (Å²) in [4.78, 5) is 0. The Kier molecular flexibility index (Phi) is 2.50. The van der Waals surface area contributed by atoms with Crippen LogP contribution in [0.4, 0.5) is 0 Å². The topological polar surface area (TPSA) is 20.2 Å². The SMILES string of the molecule is CC[C@H]1CCC(C)=C[C@@H]1O. The zero-order chi connectivity index (χ0) is 7.56. The summed E-state index contributed by atoms with van der Waals surface area (Å²) in [7, 11) is 0. The second-order valence-electron chi connectivity index (χ2n) is 3.21. The molecule has 1 aliphatic carbocycles. The standard InChI is InChI=1S/C9H16O/c1-3-8-5-4-7(2)6-9(8)10/h6,8-10H,3-5H2,1-2H3/t8-,9-/m0/s1. The van der Waals surface area contributed by atoms with Gasteiger partial charge in [0.15, 0.2) is 0 Å². The van der Waals surface area contributed by atoms with Crippen LogP contribution in [-0.2, 0) is 0 Å². The Labute approximate surface area is 62.8 Å². The predicted octanol–water partition coefficient (Wildman–Crippen LogP) is 2.11. The van der Waals surface area contributed by atoms with Gasteiger partial charge in [0.25, 0.3) is 0 Å². The summed E-state index contributed by atoms with van der Waals surface area (Å²) in [5, 5.41) is 9.46. The quantitative estimate of drug-likeness (QED) is 0.553. The zero-order valence-corrected chi connectivity index (χ0v) is 6.80. The van der Waals surface area contributed by atoms with Crippen molar-refractivity contribution in [2.75, 3.05) is 0 Å². The maximum atomic E-state index is 9.46. The van der Waals surface area contributed by atoms with Crippen molar-refractivity contribution in [1.29, 1.82) is 0 Å². The van der Waals surface area contributed by atoms with Gasteiger partial charge in [-0.1, -0.05) is 25.0 Å². The lowest BCUT2D eigenvalue weighted by Crippen LogP contribution is -2.21. The molecule has 0 aromatic heterocycles. The van der Waals surface area contributed by atoms with Crippen molar-refractivity contribution >= 4 is 0 Å². The Bertz CT molecular complexity index is 138. The molecule has 1 heteroatoms. The van der Waals surface area contributed by atoms with Gasteiger partial charge >= 0.3 is 0 Å². The van der Waals surface area contributed by atoms with Crippen LogP contribution in [0.5, 0.6) is 0 Å². The highest BCUT2D eigenvalue weighted by molar-refractivity contribution is 5.07. The van der Waals surface area contributed by atoms with Crippen molar-refractivity contribution in [2.45, 2.75) is 39.2 Å². The van der Waals surface area contributed by atoms with Crippen LogP contribution in [0.2, 0.25) is 0 Å². The molecule has 0 fully saturated rings. The minimum atomic E-state index is -0.168. The van der Waals surface area contributed by atoms with E-state index in [4.69, 9.17) is 0 Å². The van der Waals surface area contributed by atoms with Crippen LogP contribution >= 0.6 is 0 Å². The van der Waals surface area contributed by atoms with Crippen LogP contribution in [0.15, 0.2) is 11.6 Å². The molecular formula is C9H16O. The predicted molar refractivity (Wildman–Crippen MR) is 42.8 cm³/mol. The summed E-state index contributed by atoms with van der Waals surface area (Å²) < 4.78 is 0. The Balaban J connectivity index is 2.55. The summed E-state index contributed by atoms with van der Waals surface area (Å²) >= 11 is 0. The highest BCUT2D eigenvalue weighted by Gasteiger charge is 2.18. The number of hydrogen-bond acceptors (Lipinski definition) is 1. The first kappa shape index (κ1) is 7.80. The molecule has 10 heavy (non-hydrogen) atoms. The highest BCUT2D eigenvalue weighted by atomic mass is 16.3. The van der Waals surface area contributed by atoms with E-state index >= 15 is 0 Å². The van der Waals surface area contributed by atoms with E-state index in [9.17, 15) is 5.11 Å². The summed E-state index contributed by atoms with van der Waals surface area (Å²) in [5.41, 5.74) is 1.34. The monoisotopic (exact) mass is 140 g/mol. The van der Waals surface area contributed by atoms with Crippen molar-refractivity contribution in [3.8, 4) is 0 Å². The second kappa shape index (κ2) is 3.20. The normalized spacial score (nSPS) is 33.7. The van der Waals surface area contributed by atoms with Crippen LogP contribution in [0.1, 0.15) is 33.1 Å². The number of allylic oxidation sites excluding steroid dienone is 1. The summed E-state index contributed by atoms with van der Waals surface area (Å²) in [5.74, 6) is 0.517. The minimum Gasteiger partial charge on any atom is -0.389 e. The first-order chi connectivity index (χ1) is 4.74. The van der Waals surface area contributed by atoms with E-state index in [1.165, 1.54) is 18.4 Å². The van der Waals surface area contributed by atoms with Gasteiger partial charge in [-0.15, -0.1) is 0 Å². The van der Waals surface area contributed by atoms with E-state index in [2.05, 4.69) is 13.8 Å². The molecule has 1 rings (SSSR count). The minimum absolute atomic E-state index is 0.168. The van der Waals surface area contributed by atoms with Crippen LogP contribution in [0.3, 0.4) is 0 Å². The summed E-state index contributed by atoms with van der Waals surface area (Å²) in [6.07, 6.45) is 5.27. The van der Waals surface area contributed by atoms with Gasteiger partial charge in [-0.2, -0.15) is 0 Å². The molecule has 1 aliphatic rings. The molecule has 0 saturated heterocycles. The number of aliphatic hydroxyl groups is 1. The van der Waals surface area contributed by atoms with E-state index < -0.39 is 0 Å². The van der Waals surface area contributed by atoms with Gasteiger partial charge < -0.3 is 5.11 Å². The molecule has 0 amide bonds. The van der Waals surface area contributed by atoms with Crippen molar-refractivity contribution in [3.63, 3.8) is 0 Å². The molecule has 0 bridgehead atoms. The summed E-state index contributed by atoms with van der Waals surface area (Å²) in [6.45, 7) is 4.23. The Morgan fingerprint density at radius 1 is 1.70 bits per heavy atom. The van der Waals surface area contributed by atoms with Crippen molar-refractivity contribution < 1.29 is 5.11 Å². The first-order valence-corrected chi connectivity index (χ1v) is 4.09. The lowest BCUT2D eigenvalue weighted by Gasteiger charge is -2.24. The largest absolute Gasteiger partial charge is 0.389 e. The van der Waals surface area contributed by atoms with Gasteiger partial charge in [0.05, 0.1) is 6.10 Å². The molecule has 0 unspecified atom stereocenters. The maximum absolute atomic E-state index is 9.46. The molecule has 0 spiro atoms. The lowest BCUT2D eigenvalue weighted by molar-refractivity contribution is 0.135. The fourth-order valence-corrected chi connectivity index (χ4v) is 1.54. The van der Waals surface area contributed by atoms with Crippen LogP contribution in [-0.4, -0.2) is 11.2 Å². The van der Waals surface area contributed by atoms with E-state index in [1.54, 1.807) is 0 Å². The molecule has 0 aliphatic heterocycles. The average Bonchev–Trinajstić information content (AvgIpc) is 1.88. The molecule has 0 heterocycles. The average molecular weight is 140 g/mol. The van der Waals surface area contributed by atoms with Crippen molar-refractivity contribution in [2.24, 2.45) is 5.92 Å². The summed E-state index contributed by atoms with van der Waals surface area (Å²) in [6, 6.07) is 0. The van der Waals surface area contributed by atoms with Gasteiger partial charge in [-0.3, -0.25) is 0 Å². The van der Waals surface area contributed by atoms with Gasteiger partial charge in [0, 0.05) is 0 Å². The van der Waals surface area contributed by atoms with Crippen LogP contribution < -0.4 is 0 Å². The van der Waals surface area contributed by atoms with E-state index in [0.717, 1.165) is 6.42 Å². The molecule has 1 nitrogen and oxygen atoms in total. The van der Waals surface area contributed by atoms with Crippen molar-refractivity contribution in [1.82, 2.24) is 0 Å². The third-order valence-corrected chi connectivity index (χ3v) is 2.37. The Morgan fingerprint density at radius 2 is 2.40 bits per heavy atom. The maximum Gasteiger partial charge on any atom is 0.0751 e. The Hall–Kier alpha value is -0.300. The third-order valence-electron chi connectivity index (χ3n) is 2.37. The molecule has 0 aromatic carbocycles. The molecule has 1 N–H and O–H groups in total. The van der Waals surface area contributed by atoms with Gasteiger partial charge in [-0.25, -0.2) is 0 Å². The molecular weight excluding hydrogens is 124 g/mol. The van der Waals surface area contributed by atoms with Crippen LogP contribution in [0, 0.1) is 5.92 Å². The van der Waals surface area contributed by atoms with E-state index in [1.807, 2.05) is 6.08 Å². The number of rotatable bonds is 1. The second-order valence-corrected chi connectivity index (χ2v) is 3.21. The van der Waals surface area contributed by atoms with E-state index in [-0.39, 0.29) is 6.10 Å². The fraction of sp³-hybridized carbons (Fsp3) is 0.778. The fourth-order valence-electron chi connectivity index (χ4n) is 1.54. The zero-order valence-electron chi connectivity index (χ0n) is 6.80. The highest BCUT2D eigenvalue weighted by Crippen LogP contribution is 2.25. The molecule has 0 aromatic rings.